The lowest BCUT2D eigenvalue weighted by atomic mass is 10.2. The van der Waals surface area contributed by atoms with Crippen LogP contribution in [0.25, 0.3) is 0 Å². The lowest BCUT2D eigenvalue weighted by Crippen LogP contribution is -2.36. The standard InChI is InChI=1S/C17H16F2N2O6/c1-25-14-8-11(5-6-13(14)27-17(18)19)9-20-15(22)10-26-16(23)12-4-2-3-7-21(12)24/h2-8,17H,9-10H2,1H3,(H,20,22). The second-order valence-electron chi connectivity index (χ2n) is 5.13. The Bertz CT molecular complexity index is 816. The summed E-state index contributed by atoms with van der Waals surface area (Å²) in [6, 6.07) is 8.38. The van der Waals surface area contributed by atoms with Gasteiger partial charge in [0, 0.05) is 18.7 Å². The summed E-state index contributed by atoms with van der Waals surface area (Å²) >= 11 is 0. The summed E-state index contributed by atoms with van der Waals surface area (Å²) in [5, 5.41) is 13.9. The van der Waals surface area contributed by atoms with Crippen molar-refractivity contribution < 1.29 is 37.3 Å². The zero-order chi connectivity index (χ0) is 19.8. The first-order chi connectivity index (χ1) is 12.9. The summed E-state index contributed by atoms with van der Waals surface area (Å²) in [5.41, 5.74) is 0.304. The average Bonchev–Trinajstić information content (AvgIpc) is 2.65. The van der Waals surface area contributed by atoms with Gasteiger partial charge < -0.3 is 24.7 Å². The number of pyridine rings is 1. The third-order valence-electron chi connectivity index (χ3n) is 3.30. The first-order valence-electron chi connectivity index (χ1n) is 7.64. The summed E-state index contributed by atoms with van der Waals surface area (Å²) in [6.07, 6.45) is 1.13. The summed E-state index contributed by atoms with van der Waals surface area (Å²) in [6.45, 7) is -3.54. The van der Waals surface area contributed by atoms with Crippen molar-refractivity contribution in [2.24, 2.45) is 0 Å². The maximum atomic E-state index is 12.3. The van der Waals surface area contributed by atoms with E-state index in [9.17, 15) is 23.6 Å². The molecule has 27 heavy (non-hydrogen) atoms. The van der Waals surface area contributed by atoms with Crippen LogP contribution in [0.3, 0.4) is 0 Å². The number of nitrogens with zero attached hydrogens (tertiary/aromatic N) is 1. The molecule has 2 aromatic rings. The summed E-state index contributed by atoms with van der Waals surface area (Å²) in [7, 11) is 1.29. The minimum Gasteiger partial charge on any atom is -0.618 e. The molecule has 1 N–H and O–H groups in total. The molecular formula is C17H16F2N2O6. The number of benzene rings is 1. The zero-order valence-electron chi connectivity index (χ0n) is 14.2. The van der Waals surface area contributed by atoms with Gasteiger partial charge in [-0.1, -0.05) is 6.07 Å². The molecule has 0 saturated heterocycles. The Kier molecular flexibility index (Phi) is 6.86. The Balaban J connectivity index is 1.86. The van der Waals surface area contributed by atoms with Crippen LogP contribution in [0.15, 0.2) is 42.6 Å². The zero-order valence-corrected chi connectivity index (χ0v) is 14.2. The molecule has 0 aliphatic heterocycles. The van der Waals surface area contributed by atoms with Crippen LogP contribution in [0.5, 0.6) is 11.5 Å². The second-order valence-corrected chi connectivity index (χ2v) is 5.13. The molecule has 0 aliphatic carbocycles. The van der Waals surface area contributed by atoms with E-state index in [1.54, 1.807) is 0 Å². The number of aromatic nitrogens is 1. The van der Waals surface area contributed by atoms with Crippen LogP contribution in [0.1, 0.15) is 16.1 Å². The van der Waals surface area contributed by atoms with Crippen molar-refractivity contribution in [3.05, 3.63) is 59.1 Å². The Hall–Kier alpha value is -3.43. The van der Waals surface area contributed by atoms with Gasteiger partial charge in [-0.05, 0) is 23.8 Å². The number of nitrogens with one attached hydrogen (secondary N) is 1. The fraction of sp³-hybridized carbons (Fsp3) is 0.235. The van der Waals surface area contributed by atoms with Gasteiger partial charge in [0.1, 0.15) is 0 Å². The van der Waals surface area contributed by atoms with E-state index in [1.165, 1.54) is 43.5 Å². The molecule has 1 aromatic heterocycles. The summed E-state index contributed by atoms with van der Waals surface area (Å²) in [5.74, 6) is -1.60. The van der Waals surface area contributed by atoms with Crippen molar-refractivity contribution in [2.75, 3.05) is 13.7 Å². The van der Waals surface area contributed by atoms with E-state index in [0.717, 1.165) is 6.20 Å². The van der Waals surface area contributed by atoms with E-state index in [1.807, 2.05) is 0 Å². The van der Waals surface area contributed by atoms with Crippen LogP contribution in [0.4, 0.5) is 8.78 Å². The molecule has 10 heteroatoms. The van der Waals surface area contributed by atoms with E-state index >= 15 is 0 Å². The third-order valence-corrected chi connectivity index (χ3v) is 3.30. The first-order valence-corrected chi connectivity index (χ1v) is 7.64. The molecule has 144 valence electrons. The van der Waals surface area contributed by atoms with Crippen molar-refractivity contribution in [3.8, 4) is 11.5 Å². The third kappa shape index (κ3) is 5.80. The highest BCUT2D eigenvalue weighted by Gasteiger charge is 2.18. The number of ether oxygens (including phenoxy) is 3. The molecule has 0 unspecified atom stereocenters. The van der Waals surface area contributed by atoms with Gasteiger partial charge in [-0.3, -0.25) is 4.79 Å². The lowest BCUT2D eigenvalue weighted by molar-refractivity contribution is -0.608. The van der Waals surface area contributed by atoms with Gasteiger partial charge in [0.25, 0.3) is 5.91 Å². The fourth-order valence-electron chi connectivity index (χ4n) is 2.06. The minimum absolute atomic E-state index is 0.0363. The average molecular weight is 382 g/mol. The van der Waals surface area contributed by atoms with E-state index in [4.69, 9.17) is 9.47 Å². The monoisotopic (exact) mass is 382 g/mol. The molecule has 2 rings (SSSR count). The number of hydrogen-bond donors (Lipinski definition) is 1. The van der Waals surface area contributed by atoms with E-state index in [-0.39, 0.29) is 23.7 Å². The quantitative estimate of drug-likeness (QED) is 0.421. The number of carbonyl (C=O) groups is 2. The molecule has 0 atom stereocenters. The van der Waals surface area contributed by atoms with Gasteiger partial charge in [0.2, 0.25) is 0 Å². The predicted molar refractivity (Wildman–Crippen MR) is 87.2 cm³/mol. The molecule has 0 saturated carbocycles. The molecule has 1 amide bonds. The topological polar surface area (TPSA) is 101 Å². The Morgan fingerprint density at radius 1 is 1.22 bits per heavy atom. The number of alkyl halides is 2. The number of halogens is 2. The molecule has 1 aromatic carbocycles. The molecule has 8 nitrogen and oxygen atoms in total. The van der Waals surface area contributed by atoms with Crippen LogP contribution in [-0.4, -0.2) is 32.2 Å². The number of hydrogen-bond acceptors (Lipinski definition) is 6. The highest BCUT2D eigenvalue weighted by Crippen LogP contribution is 2.29. The molecule has 0 aliphatic rings. The molecule has 0 radical (unpaired) electrons. The van der Waals surface area contributed by atoms with Gasteiger partial charge in [0.05, 0.1) is 7.11 Å². The van der Waals surface area contributed by atoms with Crippen molar-refractivity contribution in [3.63, 3.8) is 0 Å². The van der Waals surface area contributed by atoms with E-state index < -0.39 is 25.1 Å². The molecule has 1 heterocycles. The largest absolute Gasteiger partial charge is 0.618 e. The van der Waals surface area contributed by atoms with Gasteiger partial charge in [-0.15, -0.1) is 0 Å². The number of esters is 1. The van der Waals surface area contributed by atoms with E-state index in [2.05, 4.69) is 10.1 Å². The number of methoxy groups -OCH3 is 1. The molecular weight excluding hydrogens is 366 g/mol. The first kappa shape index (κ1) is 19.9. The minimum atomic E-state index is -2.99. The summed E-state index contributed by atoms with van der Waals surface area (Å²) in [4.78, 5) is 23.5. The Morgan fingerprint density at radius 2 is 2.00 bits per heavy atom. The van der Waals surface area contributed by atoms with Gasteiger partial charge in [-0.2, -0.15) is 13.5 Å². The Labute approximate surface area is 152 Å². The molecule has 0 fully saturated rings. The normalized spacial score (nSPS) is 10.4. The van der Waals surface area contributed by atoms with Crippen molar-refractivity contribution in [1.82, 2.24) is 5.32 Å². The van der Waals surface area contributed by atoms with Crippen LogP contribution in [-0.2, 0) is 16.1 Å². The van der Waals surface area contributed by atoms with Gasteiger partial charge >= 0.3 is 18.3 Å². The maximum absolute atomic E-state index is 12.3. The smallest absolute Gasteiger partial charge is 0.405 e. The highest BCUT2D eigenvalue weighted by molar-refractivity contribution is 5.88. The number of amides is 1. The van der Waals surface area contributed by atoms with Crippen LogP contribution in [0.2, 0.25) is 0 Å². The SMILES string of the molecule is COc1cc(CNC(=O)COC(=O)c2cccc[n+]2[O-])ccc1OC(F)F. The maximum Gasteiger partial charge on any atom is 0.405 e. The number of rotatable bonds is 8. The van der Waals surface area contributed by atoms with Crippen molar-refractivity contribution >= 4 is 11.9 Å². The van der Waals surface area contributed by atoms with Crippen LogP contribution >= 0.6 is 0 Å². The highest BCUT2D eigenvalue weighted by atomic mass is 19.3. The van der Waals surface area contributed by atoms with E-state index in [0.29, 0.717) is 10.3 Å². The van der Waals surface area contributed by atoms with Crippen molar-refractivity contribution in [1.29, 1.82) is 0 Å². The van der Waals surface area contributed by atoms with Crippen LogP contribution in [0, 0.1) is 5.21 Å². The Morgan fingerprint density at radius 3 is 2.67 bits per heavy atom. The lowest BCUT2D eigenvalue weighted by Gasteiger charge is -2.12. The number of carbonyl (C=O) groups excluding carboxylic acids is 2. The second kappa shape index (κ2) is 9.32. The predicted octanol–water partition coefficient (Wildman–Crippen LogP) is 1.40. The molecule has 0 bridgehead atoms. The van der Waals surface area contributed by atoms with Gasteiger partial charge in [0.15, 0.2) is 24.3 Å². The fourth-order valence-corrected chi connectivity index (χ4v) is 2.06. The summed E-state index contributed by atoms with van der Waals surface area (Å²) < 4.78 is 38.9. The van der Waals surface area contributed by atoms with Crippen molar-refractivity contribution in [2.45, 2.75) is 13.2 Å². The molecule has 0 spiro atoms. The van der Waals surface area contributed by atoms with Crippen LogP contribution < -0.4 is 19.5 Å². The van der Waals surface area contributed by atoms with Gasteiger partial charge in [-0.25, -0.2) is 4.79 Å².